The highest BCUT2D eigenvalue weighted by Gasteiger charge is 1.68. The molecule has 0 heterocycles. The molecular weight excluding hydrogens is 94.1 g/mol. The first-order chi connectivity index (χ1) is 2.27. The van der Waals surface area contributed by atoms with Crippen molar-refractivity contribution in [3.05, 3.63) is 0 Å². The van der Waals surface area contributed by atoms with Crippen LogP contribution in [0.25, 0.3) is 0 Å². The van der Waals surface area contributed by atoms with Crippen molar-refractivity contribution in [2.45, 2.75) is 0 Å². The van der Waals surface area contributed by atoms with E-state index in [4.69, 9.17) is 0 Å². The van der Waals surface area contributed by atoms with Gasteiger partial charge in [-0.3, -0.25) is 4.79 Å². The maximum absolute atomic E-state index is 9.43. The summed E-state index contributed by atoms with van der Waals surface area (Å²) in [7, 11) is 3.38. The number of hydrogen-bond donors (Lipinski definition) is 0. The maximum atomic E-state index is 9.43. The lowest BCUT2D eigenvalue weighted by Gasteiger charge is -1.93. The Morgan fingerprint density at radius 1 is 1.50 bits per heavy atom. The molecule has 0 aliphatic heterocycles. The predicted octanol–water partition coefficient (Wildman–Crippen LogP) is -0.676. The van der Waals surface area contributed by atoms with E-state index in [-0.39, 0.29) is 11.0 Å². The molecule has 0 atom stereocenters. The standard InChI is InChI=1S/C3H7NO.Si/c1-4(2)3-5;/h3H,1-2H3;. The number of rotatable bonds is 1. The van der Waals surface area contributed by atoms with Crippen LogP contribution < -0.4 is 0 Å². The molecule has 0 aromatic rings. The highest BCUT2D eigenvalue weighted by Crippen LogP contribution is 1.52. The Labute approximate surface area is 42.2 Å². The number of carbonyl (C=O) groups excluding carboxylic acids is 1. The molecule has 0 bridgehead atoms. The summed E-state index contributed by atoms with van der Waals surface area (Å²) in [6, 6.07) is 0. The van der Waals surface area contributed by atoms with Gasteiger partial charge in [-0.25, -0.2) is 0 Å². The van der Waals surface area contributed by atoms with E-state index in [1.54, 1.807) is 14.1 Å². The molecule has 0 fully saturated rings. The second-order valence-corrected chi connectivity index (χ2v) is 1.07. The van der Waals surface area contributed by atoms with Crippen LogP contribution in [0.1, 0.15) is 0 Å². The summed E-state index contributed by atoms with van der Waals surface area (Å²) >= 11 is 0. The first-order valence-electron chi connectivity index (χ1n) is 1.39. The smallest absolute Gasteiger partial charge is 0.209 e. The van der Waals surface area contributed by atoms with E-state index < -0.39 is 0 Å². The van der Waals surface area contributed by atoms with E-state index >= 15 is 0 Å². The van der Waals surface area contributed by atoms with E-state index in [0.717, 1.165) is 6.41 Å². The van der Waals surface area contributed by atoms with Crippen LogP contribution in [-0.4, -0.2) is 36.4 Å². The van der Waals surface area contributed by atoms with Crippen LogP contribution in [-0.2, 0) is 4.79 Å². The number of nitrogens with zero attached hydrogens (tertiary/aromatic N) is 1. The summed E-state index contributed by atoms with van der Waals surface area (Å²) in [5.41, 5.74) is 0. The topological polar surface area (TPSA) is 20.3 Å². The Hall–Kier alpha value is -0.313. The van der Waals surface area contributed by atoms with E-state index in [9.17, 15) is 4.79 Å². The van der Waals surface area contributed by atoms with Gasteiger partial charge >= 0.3 is 0 Å². The zero-order valence-electron chi connectivity index (χ0n) is 3.93. The number of carbonyl (C=O) groups is 1. The summed E-state index contributed by atoms with van der Waals surface area (Å²) in [5.74, 6) is 0. The zero-order valence-corrected chi connectivity index (χ0v) is 4.93. The average Bonchev–Trinajstić information content (AvgIpc) is 1.38. The Kier molecular flexibility index (Phi) is 7.18. The van der Waals surface area contributed by atoms with E-state index in [0.29, 0.717) is 0 Å². The first kappa shape index (κ1) is 9.19. The zero-order chi connectivity index (χ0) is 4.28. The van der Waals surface area contributed by atoms with Gasteiger partial charge in [0, 0.05) is 25.1 Å². The summed E-state index contributed by atoms with van der Waals surface area (Å²) in [6.45, 7) is 0. The third-order valence-electron chi connectivity index (χ3n) is 0.211. The van der Waals surface area contributed by atoms with Gasteiger partial charge < -0.3 is 4.90 Å². The van der Waals surface area contributed by atoms with Crippen molar-refractivity contribution in [3.8, 4) is 0 Å². The lowest BCUT2D eigenvalue weighted by Crippen LogP contribution is -2.06. The minimum atomic E-state index is 0. The molecule has 34 valence electrons. The predicted molar refractivity (Wildman–Crippen MR) is 25.5 cm³/mol. The lowest BCUT2D eigenvalue weighted by molar-refractivity contribution is -0.115. The second-order valence-electron chi connectivity index (χ2n) is 1.07. The highest BCUT2D eigenvalue weighted by molar-refractivity contribution is 5.75. The molecule has 6 heavy (non-hydrogen) atoms. The Morgan fingerprint density at radius 2 is 1.67 bits per heavy atom. The van der Waals surface area contributed by atoms with Gasteiger partial charge in [0.2, 0.25) is 6.41 Å². The molecule has 0 aromatic heterocycles. The Morgan fingerprint density at radius 3 is 1.67 bits per heavy atom. The van der Waals surface area contributed by atoms with E-state index in [1.165, 1.54) is 4.90 Å². The van der Waals surface area contributed by atoms with Crippen LogP contribution in [0.5, 0.6) is 0 Å². The molecule has 0 spiro atoms. The fourth-order valence-corrected chi connectivity index (χ4v) is 0. The van der Waals surface area contributed by atoms with Gasteiger partial charge in [0.25, 0.3) is 0 Å². The van der Waals surface area contributed by atoms with Crippen molar-refractivity contribution >= 4 is 17.4 Å². The van der Waals surface area contributed by atoms with Gasteiger partial charge in [-0.05, 0) is 0 Å². The molecular formula is C3H7NOSi. The molecule has 0 unspecified atom stereocenters. The van der Waals surface area contributed by atoms with Gasteiger partial charge in [-0.2, -0.15) is 0 Å². The van der Waals surface area contributed by atoms with Gasteiger partial charge in [-0.1, -0.05) is 0 Å². The summed E-state index contributed by atoms with van der Waals surface area (Å²) in [4.78, 5) is 10.9. The van der Waals surface area contributed by atoms with E-state index in [2.05, 4.69) is 0 Å². The van der Waals surface area contributed by atoms with Crippen molar-refractivity contribution in [3.63, 3.8) is 0 Å². The molecule has 0 aliphatic rings. The van der Waals surface area contributed by atoms with Crippen LogP contribution in [0.4, 0.5) is 0 Å². The molecule has 3 heteroatoms. The molecule has 0 aromatic carbocycles. The molecule has 0 saturated carbocycles. The fourth-order valence-electron chi connectivity index (χ4n) is 0. The number of amides is 1. The average molecular weight is 101 g/mol. The molecule has 0 N–H and O–H groups in total. The normalized spacial score (nSPS) is 5.67. The maximum Gasteiger partial charge on any atom is 0.209 e. The quantitative estimate of drug-likeness (QED) is 0.317. The lowest BCUT2D eigenvalue weighted by atomic mass is 11.0. The molecule has 0 saturated heterocycles. The molecule has 0 rings (SSSR count). The third-order valence-corrected chi connectivity index (χ3v) is 0.211. The van der Waals surface area contributed by atoms with Crippen molar-refractivity contribution in [1.29, 1.82) is 0 Å². The largest absolute Gasteiger partial charge is 0.351 e. The highest BCUT2D eigenvalue weighted by atomic mass is 28.1. The van der Waals surface area contributed by atoms with Crippen LogP contribution in [0.2, 0.25) is 0 Å². The SMILES string of the molecule is CN(C)C=O.[Si]. The van der Waals surface area contributed by atoms with Gasteiger partial charge in [0.05, 0.1) is 0 Å². The molecule has 1 amide bonds. The molecule has 4 radical (unpaired) electrons. The van der Waals surface area contributed by atoms with Crippen LogP contribution in [0, 0.1) is 0 Å². The second kappa shape index (κ2) is 4.69. The molecule has 0 aliphatic carbocycles. The van der Waals surface area contributed by atoms with Crippen molar-refractivity contribution in [2.24, 2.45) is 0 Å². The van der Waals surface area contributed by atoms with Gasteiger partial charge in [0.1, 0.15) is 0 Å². The van der Waals surface area contributed by atoms with Crippen molar-refractivity contribution in [2.75, 3.05) is 14.1 Å². The Bertz CT molecular complexity index is 37.8. The number of hydrogen-bond acceptors (Lipinski definition) is 1. The third kappa shape index (κ3) is 9.35. The summed E-state index contributed by atoms with van der Waals surface area (Å²) in [6.07, 6.45) is 0.750. The van der Waals surface area contributed by atoms with Crippen LogP contribution in [0.15, 0.2) is 0 Å². The Balaban J connectivity index is 0. The molecule has 2 nitrogen and oxygen atoms in total. The van der Waals surface area contributed by atoms with E-state index in [1.807, 2.05) is 0 Å². The van der Waals surface area contributed by atoms with Gasteiger partial charge in [0.15, 0.2) is 0 Å². The van der Waals surface area contributed by atoms with Crippen LogP contribution >= 0.6 is 0 Å². The first-order valence-corrected chi connectivity index (χ1v) is 1.39. The summed E-state index contributed by atoms with van der Waals surface area (Å²) in [5, 5.41) is 0. The van der Waals surface area contributed by atoms with Crippen molar-refractivity contribution < 1.29 is 4.79 Å². The summed E-state index contributed by atoms with van der Waals surface area (Å²) < 4.78 is 0. The fraction of sp³-hybridized carbons (Fsp3) is 0.667. The monoisotopic (exact) mass is 101 g/mol. The van der Waals surface area contributed by atoms with Crippen LogP contribution in [0.3, 0.4) is 0 Å². The minimum absolute atomic E-state index is 0. The van der Waals surface area contributed by atoms with Gasteiger partial charge in [-0.15, -0.1) is 0 Å². The van der Waals surface area contributed by atoms with Crippen molar-refractivity contribution in [1.82, 2.24) is 4.90 Å². The minimum Gasteiger partial charge on any atom is -0.351 e.